The van der Waals surface area contributed by atoms with E-state index in [2.05, 4.69) is 12.2 Å². The van der Waals surface area contributed by atoms with E-state index < -0.39 is 0 Å². The molecule has 2 fully saturated rings. The van der Waals surface area contributed by atoms with Crippen molar-refractivity contribution in [1.82, 2.24) is 4.90 Å². The van der Waals surface area contributed by atoms with E-state index in [-0.39, 0.29) is 23.7 Å². The molecule has 1 heterocycles. The van der Waals surface area contributed by atoms with Gasteiger partial charge < -0.3 is 15.0 Å². The van der Waals surface area contributed by atoms with Crippen LogP contribution in [-0.4, -0.2) is 36.9 Å². The number of nitrogens with zero attached hydrogens (tertiary/aromatic N) is 1. The first kappa shape index (κ1) is 15.8. The molecule has 3 rings (SSSR count). The lowest BCUT2D eigenvalue weighted by atomic mass is 10.00. The van der Waals surface area contributed by atoms with Crippen LogP contribution in [0.25, 0.3) is 0 Å². The largest absolute Gasteiger partial charge is 0.497 e. The number of likely N-dealkylation sites (tertiary alicyclic amines) is 1. The van der Waals surface area contributed by atoms with Gasteiger partial charge in [0.2, 0.25) is 11.8 Å². The van der Waals surface area contributed by atoms with Crippen molar-refractivity contribution in [3.63, 3.8) is 0 Å². The van der Waals surface area contributed by atoms with Gasteiger partial charge in [-0.1, -0.05) is 6.92 Å². The molecule has 5 heteroatoms. The molecule has 0 radical (unpaired) electrons. The summed E-state index contributed by atoms with van der Waals surface area (Å²) in [5.41, 5.74) is 0.737. The van der Waals surface area contributed by atoms with Crippen LogP contribution in [0.5, 0.6) is 5.75 Å². The molecule has 1 aliphatic carbocycles. The summed E-state index contributed by atoms with van der Waals surface area (Å²) in [5, 5.41) is 2.89. The Bertz CT molecular complexity index is 584. The van der Waals surface area contributed by atoms with Gasteiger partial charge in [0.25, 0.3) is 0 Å². The van der Waals surface area contributed by atoms with E-state index in [1.54, 1.807) is 19.2 Å². The minimum Gasteiger partial charge on any atom is -0.497 e. The molecular weight excluding hydrogens is 292 g/mol. The van der Waals surface area contributed by atoms with Gasteiger partial charge in [-0.25, -0.2) is 0 Å². The van der Waals surface area contributed by atoms with Crippen molar-refractivity contribution in [2.45, 2.75) is 26.2 Å². The fourth-order valence-corrected chi connectivity index (χ4v) is 3.29. The number of ether oxygens (including phenoxy) is 1. The number of benzene rings is 1. The van der Waals surface area contributed by atoms with Gasteiger partial charge in [0.15, 0.2) is 0 Å². The van der Waals surface area contributed by atoms with Crippen molar-refractivity contribution in [1.29, 1.82) is 0 Å². The van der Waals surface area contributed by atoms with Gasteiger partial charge in [0, 0.05) is 18.8 Å². The molecular formula is C18H24N2O3. The Labute approximate surface area is 137 Å². The van der Waals surface area contributed by atoms with Crippen molar-refractivity contribution in [3.8, 4) is 5.75 Å². The molecule has 1 aromatic rings. The van der Waals surface area contributed by atoms with Gasteiger partial charge in [-0.05, 0) is 49.4 Å². The third-order valence-corrected chi connectivity index (χ3v) is 4.77. The molecule has 0 spiro atoms. The SMILES string of the molecule is COc1ccc(NC(=O)C2CC2C(=O)N2CCCC(C)C2)cc1. The summed E-state index contributed by atoms with van der Waals surface area (Å²) in [6.45, 7) is 3.86. The molecule has 0 aromatic heterocycles. The van der Waals surface area contributed by atoms with Crippen LogP contribution in [0.2, 0.25) is 0 Å². The smallest absolute Gasteiger partial charge is 0.228 e. The number of piperidine rings is 1. The normalized spacial score (nSPS) is 26.5. The monoisotopic (exact) mass is 316 g/mol. The van der Waals surface area contributed by atoms with E-state index in [1.807, 2.05) is 17.0 Å². The van der Waals surface area contributed by atoms with Crippen molar-refractivity contribution in [2.75, 3.05) is 25.5 Å². The van der Waals surface area contributed by atoms with Gasteiger partial charge in [0.05, 0.1) is 18.9 Å². The highest BCUT2D eigenvalue weighted by Gasteiger charge is 2.49. The van der Waals surface area contributed by atoms with Gasteiger partial charge in [0.1, 0.15) is 5.75 Å². The zero-order chi connectivity index (χ0) is 16.4. The van der Waals surface area contributed by atoms with Crippen LogP contribution in [0.1, 0.15) is 26.2 Å². The Kier molecular flexibility index (Phi) is 4.55. The summed E-state index contributed by atoms with van der Waals surface area (Å²) >= 11 is 0. The van der Waals surface area contributed by atoms with E-state index in [4.69, 9.17) is 4.74 Å². The molecule has 1 saturated carbocycles. The maximum Gasteiger partial charge on any atom is 0.228 e. The van der Waals surface area contributed by atoms with Crippen LogP contribution >= 0.6 is 0 Å². The maximum absolute atomic E-state index is 12.5. The third-order valence-electron chi connectivity index (χ3n) is 4.77. The zero-order valence-electron chi connectivity index (χ0n) is 13.7. The van der Waals surface area contributed by atoms with Crippen LogP contribution in [0.4, 0.5) is 5.69 Å². The fourth-order valence-electron chi connectivity index (χ4n) is 3.29. The molecule has 3 atom stereocenters. The average molecular weight is 316 g/mol. The Hall–Kier alpha value is -2.04. The Morgan fingerprint density at radius 2 is 1.96 bits per heavy atom. The topological polar surface area (TPSA) is 58.6 Å². The number of rotatable bonds is 4. The van der Waals surface area contributed by atoms with Crippen molar-refractivity contribution < 1.29 is 14.3 Å². The van der Waals surface area contributed by atoms with E-state index in [1.165, 1.54) is 6.42 Å². The highest BCUT2D eigenvalue weighted by Crippen LogP contribution is 2.41. The molecule has 23 heavy (non-hydrogen) atoms. The van der Waals surface area contributed by atoms with Crippen LogP contribution < -0.4 is 10.1 Å². The van der Waals surface area contributed by atoms with Crippen LogP contribution in [0.3, 0.4) is 0 Å². The van der Waals surface area contributed by atoms with Gasteiger partial charge >= 0.3 is 0 Å². The highest BCUT2D eigenvalue weighted by molar-refractivity contribution is 5.99. The van der Waals surface area contributed by atoms with Gasteiger partial charge in [-0.2, -0.15) is 0 Å². The van der Waals surface area contributed by atoms with E-state index in [0.29, 0.717) is 12.3 Å². The number of nitrogens with one attached hydrogen (secondary N) is 1. The third kappa shape index (κ3) is 3.66. The Morgan fingerprint density at radius 3 is 2.61 bits per heavy atom. The number of carbonyl (C=O) groups is 2. The minimum atomic E-state index is -0.179. The molecule has 5 nitrogen and oxygen atoms in total. The predicted octanol–water partition coefficient (Wildman–Crippen LogP) is 2.53. The fraction of sp³-hybridized carbons (Fsp3) is 0.556. The lowest BCUT2D eigenvalue weighted by Crippen LogP contribution is -2.40. The van der Waals surface area contributed by atoms with Crippen molar-refractivity contribution in [3.05, 3.63) is 24.3 Å². The molecule has 2 aliphatic rings. The summed E-state index contributed by atoms with van der Waals surface area (Å²) < 4.78 is 5.10. The standard InChI is InChI=1S/C18H24N2O3/c1-12-4-3-9-20(11-12)18(22)16-10-15(16)17(21)19-13-5-7-14(23-2)8-6-13/h5-8,12,15-16H,3-4,9-11H2,1-2H3,(H,19,21). The van der Waals surface area contributed by atoms with E-state index in [0.717, 1.165) is 30.9 Å². The van der Waals surface area contributed by atoms with Gasteiger partial charge in [-0.3, -0.25) is 9.59 Å². The molecule has 2 amide bonds. The lowest BCUT2D eigenvalue weighted by Gasteiger charge is -2.31. The summed E-state index contributed by atoms with van der Waals surface area (Å²) in [6, 6.07) is 7.23. The van der Waals surface area contributed by atoms with Crippen LogP contribution in [0.15, 0.2) is 24.3 Å². The average Bonchev–Trinajstić information content (AvgIpc) is 3.35. The molecule has 0 bridgehead atoms. The number of hydrogen-bond acceptors (Lipinski definition) is 3. The summed E-state index contributed by atoms with van der Waals surface area (Å²) in [6.07, 6.45) is 2.93. The summed E-state index contributed by atoms with van der Waals surface area (Å²) in [7, 11) is 1.61. The van der Waals surface area contributed by atoms with Crippen molar-refractivity contribution in [2.24, 2.45) is 17.8 Å². The quantitative estimate of drug-likeness (QED) is 0.928. The Morgan fingerprint density at radius 1 is 1.22 bits per heavy atom. The number of methoxy groups -OCH3 is 1. The minimum absolute atomic E-state index is 0.0569. The molecule has 1 aliphatic heterocycles. The van der Waals surface area contributed by atoms with Crippen LogP contribution in [-0.2, 0) is 9.59 Å². The van der Waals surface area contributed by atoms with E-state index in [9.17, 15) is 9.59 Å². The predicted molar refractivity (Wildman–Crippen MR) is 88.2 cm³/mol. The van der Waals surface area contributed by atoms with E-state index >= 15 is 0 Å². The molecule has 1 saturated heterocycles. The second-order valence-corrected chi connectivity index (χ2v) is 6.70. The second kappa shape index (κ2) is 6.60. The number of anilines is 1. The molecule has 124 valence electrons. The number of hydrogen-bond donors (Lipinski definition) is 1. The maximum atomic E-state index is 12.5. The van der Waals surface area contributed by atoms with Crippen LogP contribution in [0, 0.1) is 17.8 Å². The number of amides is 2. The first-order valence-corrected chi connectivity index (χ1v) is 8.32. The number of carbonyl (C=O) groups excluding carboxylic acids is 2. The first-order valence-electron chi connectivity index (χ1n) is 8.32. The molecule has 1 N–H and O–H groups in total. The summed E-state index contributed by atoms with van der Waals surface area (Å²) in [5.74, 6) is 1.12. The van der Waals surface area contributed by atoms with Crippen molar-refractivity contribution >= 4 is 17.5 Å². The highest BCUT2D eigenvalue weighted by atomic mass is 16.5. The Balaban J connectivity index is 1.52. The molecule has 3 unspecified atom stereocenters. The zero-order valence-corrected chi connectivity index (χ0v) is 13.7. The molecule has 1 aromatic carbocycles. The second-order valence-electron chi connectivity index (χ2n) is 6.70. The summed E-state index contributed by atoms with van der Waals surface area (Å²) in [4.78, 5) is 26.7. The van der Waals surface area contributed by atoms with Gasteiger partial charge in [-0.15, -0.1) is 0 Å². The lowest BCUT2D eigenvalue weighted by molar-refractivity contribution is -0.135. The first-order chi connectivity index (χ1) is 11.1.